The molecule has 1 atom stereocenters. The minimum Gasteiger partial charge on any atom is -0.480 e. The van der Waals surface area contributed by atoms with Gasteiger partial charge in [0.25, 0.3) is 0 Å². The van der Waals surface area contributed by atoms with Gasteiger partial charge in [-0.15, -0.1) is 0 Å². The molecule has 0 unspecified atom stereocenters. The van der Waals surface area contributed by atoms with E-state index in [4.69, 9.17) is 5.11 Å². The predicted molar refractivity (Wildman–Crippen MR) is 73.2 cm³/mol. The molecule has 2 N–H and O–H groups in total. The third-order valence-corrected chi connectivity index (χ3v) is 3.25. The van der Waals surface area contributed by atoms with E-state index in [0.717, 1.165) is 6.07 Å². The van der Waals surface area contributed by atoms with E-state index in [1.54, 1.807) is 12.1 Å². The molecule has 0 heterocycles. The normalized spacial score (nSPS) is 12.9. The Morgan fingerprint density at radius 3 is 2.26 bits per heavy atom. The first-order valence-electron chi connectivity index (χ1n) is 6.46. The van der Waals surface area contributed by atoms with Crippen LogP contribution in [0.2, 0.25) is 0 Å². The number of carboxylic acids is 1. The maximum absolute atomic E-state index is 13.7. The van der Waals surface area contributed by atoms with Gasteiger partial charge in [0.2, 0.25) is 0 Å². The van der Waals surface area contributed by atoms with Crippen LogP contribution in [0.5, 0.6) is 0 Å². The molecule has 2 aromatic carbocycles. The summed E-state index contributed by atoms with van der Waals surface area (Å²) in [6.07, 6.45) is -5.59. The first-order chi connectivity index (χ1) is 10.7. The van der Waals surface area contributed by atoms with Crippen molar-refractivity contribution in [2.75, 3.05) is 0 Å². The van der Waals surface area contributed by atoms with Crippen molar-refractivity contribution < 1.29 is 32.3 Å². The Labute approximate surface area is 127 Å². The lowest BCUT2D eigenvalue weighted by Gasteiger charge is -2.17. The number of halogens is 4. The summed E-state index contributed by atoms with van der Waals surface area (Å²) in [6, 6.07) is 6.77. The highest BCUT2D eigenvalue weighted by molar-refractivity contribution is 5.89. The van der Waals surface area contributed by atoms with E-state index in [0.29, 0.717) is 10.9 Å². The van der Waals surface area contributed by atoms with Crippen LogP contribution in [0.15, 0.2) is 36.4 Å². The third-order valence-electron chi connectivity index (χ3n) is 3.25. The predicted octanol–water partition coefficient (Wildman–Crippen LogP) is 2.65. The fraction of sp³-hybridized carbons (Fsp3) is 0.200. The molecular formula is C15H11F4NO3. The number of rotatable bonds is 4. The Balaban J connectivity index is 2.33. The zero-order chi connectivity index (χ0) is 17.2. The number of fused-ring (bicyclic) bond motifs is 1. The van der Waals surface area contributed by atoms with E-state index in [1.165, 1.54) is 23.5 Å². The minimum absolute atomic E-state index is 0.219. The van der Waals surface area contributed by atoms with Crippen molar-refractivity contribution in [3.05, 3.63) is 47.8 Å². The fourth-order valence-corrected chi connectivity index (χ4v) is 2.16. The molecule has 0 saturated heterocycles. The lowest BCUT2D eigenvalue weighted by atomic mass is 9.98. The van der Waals surface area contributed by atoms with Crippen molar-refractivity contribution in [1.29, 1.82) is 0 Å². The van der Waals surface area contributed by atoms with Crippen LogP contribution in [0.25, 0.3) is 10.8 Å². The van der Waals surface area contributed by atoms with E-state index < -0.39 is 36.3 Å². The average molecular weight is 329 g/mol. The Bertz CT molecular complexity index is 758. The Morgan fingerprint density at radius 1 is 1.09 bits per heavy atom. The van der Waals surface area contributed by atoms with Crippen molar-refractivity contribution in [2.24, 2.45) is 0 Å². The fourth-order valence-electron chi connectivity index (χ4n) is 2.16. The number of hydrogen-bond donors (Lipinski definition) is 2. The molecule has 0 saturated carbocycles. The molecule has 0 aliphatic rings. The second-order valence-corrected chi connectivity index (χ2v) is 4.82. The van der Waals surface area contributed by atoms with E-state index in [2.05, 4.69) is 0 Å². The van der Waals surface area contributed by atoms with Gasteiger partial charge < -0.3 is 10.4 Å². The number of amides is 1. The molecule has 122 valence electrons. The first-order valence-corrected chi connectivity index (χ1v) is 6.46. The Hall–Kier alpha value is -2.64. The van der Waals surface area contributed by atoms with Gasteiger partial charge in [0, 0.05) is 11.8 Å². The van der Waals surface area contributed by atoms with Gasteiger partial charge >= 0.3 is 18.1 Å². The molecule has 2 aromatic rings. The standard InChI is InChI=1S/C15H11F4NO3/c16-11-6-5-8(9-3-1-2-4-10(9)11)7-12(13(21)22)20-14(23)15(17,18)19/h1-6,12H,7H2,(H,20,23)(H,21,22)/t12-/m1/s1. The van der Waals surface area contributed by atoms with Gasteiger partial charge in [-0.05, 0) is 17.0 Å². The van der Waals surface area contributed by atoms with Crippen molar-refractivity contribution in [3.63, 3.8) is 0 Å². The lowest BCUT2D eigenvalue weighted by molar-refractivity contribution is -0.175. The van der Waals surface area contributed by atoms with Crippen LogP contribution in [0.4, 0.5) is 17.6 Å². The van der Waals surface area contributed by atoms with E-state index >= 15 is 0 Å². The number of nitrogens with one attached hydrogen (secondary N) is 1. The summed E-state index contributed by atoms with van der Waals surface area (Å²) in [7, 11) is 0. The molecule has 0 aliphatic heterocycles. The molecule has 1 amide bonds. The first kappa shape index (κ1) is 16.7. The number of carboxylic acid groups (broad SMARTS) is 1. The second kappa shape index (κ2) is 6.23. The number of benzene rings is 2. The largest absolute Gasteiger partial charge is 0.480 e. The third kappa shape index (κ3) is 3.77. The van der Waals surface area contributed by atoms with E-state index in [-0.39, 0.29) is 5.39 Å². The van der Waals surface area contributed by atoms with Gasteiger partial charge in [-0.2, -0.15) is 13.2 Å². The number of carbonyl (C=O) groups excluding carboxylic acids is 1. The van der Waals surface area contributed by atoms with Gasteiger partial charge in [0.1, 0.15) is 11.9 Å². The van der Waals surface area contributed by atoms with Gasteiger partial charge in [0.15, 0.2) is 0 Å². The Kier molecular flexibility index (Phi) is 4.53. The molecule has 4 nitrogen and oxygen atoms in total. The van der Waals surface area contributed by atoms with Crippen molar-refractivity contribution in [1.82, 2.24) is 5.32 Å². The molecule has 23 heavy (non-hydrogen) atoms. The van der Waals surface area contributed by atoms with Crippen molar-refractivity contribution in [3.8, 4) is 0 Å². The average Bonchev–Trinajstić information content (AvgIpc) is 2.48. The summed E-state index contributed by atoms with van der Waals surface area (Å²) in [6.45, 7) is 0. The van der Waals surface area contributed by atoms with Gasteiger partial charge in [0.05, 0.1) is 0 Å². The summed E-state index contributed by atoms with van der Waals surface area (Å²) >= 11 is 0. The molecule has 0 radical (unpaired) electrons. The zero-order valence-electron chi connectivity index (χ0n) is 11.5. The molecule has 0 aromatic heterocycles. The van der Waals surface area contributed by atoms with E-state index in [1.807, 2.05) is 0 Å². The monoisotopic (exact) mass is 329 g/mol. The van der Waals surface area contributed by atoms with Crippen molar-refractivity contribution >= 4 is 22.6 Å². The van der Waals surface area contributed by atoms with Crippen LogP contribution in [-0.4, -0.2) is 29.2 Å². The van der Waals surface area contributed by atoms with Crippen LogP contribution in [0.3, 0.4) is 0 Å². The van der Waals surface area contributed by atoms with Gasteiger partial charge in [-0.3, -0.25) is 4.79 Å². The lowest BCUT2D eigenvalue weighted by Crippen LogP contribution is -2.47. The maximum Gasteiger partial charge on any atom is 0.471 e. The van der Waals surface area contributed by atoms with Crippen LogP contribution >= 0.6 is 0 Å². The Morgan fingerprint density at radius 2 is 1.70 bits per heavy atom. The quantitative estimate of drug-likeness (QED) is 0.848. The van der Waals surface area contributed by atoms with Crippen molar-refractivity contribution in [2.45, 2.75) is 18.6 Å². The molecule has 0 bridgehead atoms. The number of hydrogen-bond acceptors (Lipinski definition) is 2. The molecule has 8 heteroatoms. The van der Waals surface area contributed by atoms with Crippen LogP contribution in [0, 0.1) is 5.82 Å². The summed E-state index contributed by atoms with van der Waals surface area (Å²) in [4.78, 5) is 22.0. The van der Waals surface area contributed by atoms with Gasteiger partial charge in [-0.1, -0.05) is 30.3 Å². The summed E-state index contributed by atoms with van der Waals surface area (Å²) < 4.78 is 50.5. The summed E-state index contributed by atoms with van der Waals surface area (Å²) in [5.74, 6) is -4.48. The topological polar surface area (TPSA) is 66.4 Å². The molecule has 0 fully saturated rings. The SMILES string of the molecule is O=C(O)[C@@H](Cc1ccc(F)c2ccccc12)NC(=O)C(F)(F)F. The summed E-state index contributed by atoms with van der Waals surface area (Å²) in [5.41, 5.74) is 0.317. The van der Waals surface area contributed by atoms with Crippen LogP contribution < -0.4 is 5.32 Å². The van der Waals surface area contributed by atoms with Crippen LogP contribution in [0.1, 0.15) is 5.56 Å². The van der Waals surface area contributed by atoms with Crippen LogP contribution in [-0.2, 0) is 16.0 Å². The highest BCUT2D eigenvalue weighted by Gasteiger charge is 2.40. The number of carbonyl (C=O) groups is 2. The minimum atomic E-state index is -5.18. The number of aliphatic carboxylic acids is 1. The zero-order valence-corrected chi connectivity index (χ0v) is 11.5. The summed E-state index contributed by atoms with van der Waals surface area (Å²) in [5, 5.41) is 11.0. The highest BCUT2D eigenvalue weighted by Crippen LogP contribution is 2.23. The molecule has 0 spiro atoms. The highest BCUT2D eigenvalue weighted by atomic mass is 19.4. The van der Waals surface area contributed by atoms with Gasteiger partial charge in [-0.25, -0.2) is 9.18 Å². The number of alkyl halides is 3. The van der Waals surface area contributed by atoms with E-state index in [9.17, 15) is 27.2 Å². The second-order valence-electron chi connectivity index (χ2n) is 4.82. The molecule has 0 aliphatic carbocycles. The molecular weight excluding hydrogens is 318 g/mol. The maximum atomic E-state index is 13.7. The molecule has 2 rings (SSSR count). The smallest absolute Gasteiger partial charge is 0.471 e.